The second-order valence-electron chi connectivity index (χ2n) is 12.4. The minimum Gasteiger partial charge on any atom is -0.456 e. The molecule has 0 aliphatic rings. The molecular formula is C45H27N3O. The Hall–Kier alpha value is -6.65. The normalized spacial score (nSPS) is 11.7. The van der Waals surface area contributed by atoms with Gasteiger partial charge in [-0.25, -0.2) is 15.0 Å². The number of benzene rings is 8. The number of aromatic nitrogens is 3. The third-order valence-electron chi connectivity index (χ3n) is 9.49. The van der Waals surface area contributed by atoms with Crippen LogP contribution in [0, 0.1) is 0 Å². The lowest BCUT2D eigenvalue weighted by Crippen LogP contribution is -2.00. The Morgan fingerprint density at radius 3 is 1.78 bits per heavy atom. The molecule has 10 rings (SSSR count). The van der Waals surface area contributed by atoms with Gasteiger partial charge in [0, 0.05) is 27.5 Å². The van der Waals surface area contributed by atoms with E-state index in [4.69, 9.17) is 19.4 Å². The van der Waals surface area contributed by atoms with Gasteiger partial charge in [0.2, 0.25) is 0 Å². The van der Waals surface area contributed by atoms with Gasteiger partial charge in [0.15, 0.2) is 17.5 Å². The summed E-state index contributed by atoms with van der Waals surface area (Å²) in [5.41, 5.74) is 6.85. The second kappa shape index (κ2) is 11.0. The first kappa shape index (κ1) is 27.5. The zero-order valence-electron chi connectivity index (χ0n) is 26.3. The van der Waals surface area contributed by atoms with Gasteiger partial charge in [-0.15, -0.1) is 0 Å². The van der Waals surface area contributed by atoms with Crippen molar-refractivity contribution in [2.75, 3.05) is 0 Å². The number of para-hydroxylation sites is 1. The maximum Gasteiger partial charge on any atom is 0.164 e. The molecule has 0 spiro atoms. The van der Waals surface area contributed by atoms with Crippen molar-refractivity contribution in [2.24, 2.45) is 0 Å². The van der Waals surface area contributed by atoms with Crippen molar-refractivity contribution < 1.29 is 4.42 Å². The Morgan fingerprint density at radius 1 is 0.327 bits per heavy atom. The molecule has 0 radical (unpaired) electrons. The van der Waals surface area contributed by atoms with Gasteiger partial charge in [0.25, 0.3) is 0 Å². The van der Waals surface area contributed by atoms with Gasteiger partial charge >= 0.3 is 0 Å². The van der Waals surface area contributed by atoms with Crippen molar-refractivity contribution >= 4 is 54.3 Å². The summed E-state index contributed by atoms with van der Waals surface area (Å²) in [4.78, 5) is 15.2. The second-order valence-corrected chi connectivity index (χ2v) is 12.4. The first-order valence-corrected chi connectivity index (χ1v) is 16.4. The van der Waals surface area contributed by atoms with Crippen molar-refractivity contribution in [2.45, 2.75) is 0 Å². The lowest BCUT2D eigenvalue weighted by atomic mass is 9.92. The van der Waals surface area contributed by atoms with Crippen LogP contribution in [0.25, 0.3) is 99.5 Å². The number of nitrogens with zero attached hydrogens (tertiary/aromatic N) is 3. The molecule has 4 nitrogen and oxygen atoms in total. The summed E-state index contributed by atoms with van der Waals surface area (Å²) in [6.45, 7) is 0. The van der Waals surface area contributed by atoms with Gasteiger partial charge in [-0.1, -0.05) is 133 Å². The van der Waals surface area contributed by atoms with E-state index in [1.54, 1.807) is 0 Å². The van der Waals surface area contributed by atoms with Crippen molar-refractivity contribution in [3.8, 4) is 45.3 Å². The van der Waals surface area contributed by atoms with Crippen LogP contribution in [0.1, 0.15) is 0 Å². The summed E-state index contributed by atoms with van der Waals surface area (Å²) in [6, 6.07) is 57.1. The lowest BCUT2D eigenvalue weighted by Gasteiger charge is -2.12. The summed E-state index contributed by atoms with van der Waals surface area (Å²) in [5, 5.41) is 9.36. The van der Waals surface area contributed by atoms with Gasteiger partial charge in [-0.3, -0.25) is 0 Å². The van der Waals surface area contributed by atoms with Gasteiger partial charge < -0.3 is 4.42 Å². The lowest BCUT2D eigenvalue weighted by molar-refractivity contribution is 0.669. The molecule has 0 fully saturated rings. The first-order valence-electron chi connectivity index (χ1n) is 16.4. The molecular weight excluding hydrogens is 599 g/mol. The van der Waals surface area contributed by atoms with Crippen molar-refractivity contribution in [1.29, 1.82) is 0 Å². The van der Waals surface area contributed by atoms with Crippen LogP contribution in [-0.4, -0.2) is 15.0 Å². The topological polar surface area (TPSA) is 51.8 Å². The maximum absolute atomic E-state index is 6.21. The highest BCUT2D eigenvalue weighted by Gasteiger charge is 2.18. The number of fused-ring (bicyclic) bond motifs is 7. The fourth-order valence-corrected chi connectivity index (χ4v) is 7.15. The molecule has 0 atom stereocenters. The molecule has 0 N–H and O–H groups in total. The standard InChI is InChI=1S/C45H27N3O/c1-2-11-28(12-3-1)43-46-44(48-45(47-43)38-18-10-20-41-42(38)37-17-8-9-19-40(37)49-41)33-24-22-29-25-32(23-21-30(29)26-33)39-27-31-13-4-5-14-34(31)35-15-6-7-16-36(35)39/h1-27H. The molecule has 0 aliphatic carbocycles. The van der Waals surface area contributed by atoms with E-state index in [1.807, 2.05) is 60.7 Å². The molecule has 49 heavy (non-hydrogen) atoms. The average molecular weight is 626 g/mol. The van der Waals surface area contributed by atoms with E-state index in [1.165, 1.54) is 32.7 Å². The van der Waals surface area contributed by atoms with E-state index in [9.17, 15) is 0 Å². The van der Waals surface area contributed by atoms with Gasteiger partial charge in [-0.05, 0) is 73.8 Å². The molecule has 2 heterocycles. The molecule has 0 unspecified atom stereocenters. The highest BCUT2D eigenvalue weighted by atomic mass is 16.3. The zero-order valence-corrected chi connectivity index (χ0v) is 26.3. The zero-order chi connectivity index (χ0) is 32.3. The molecule has 0 saturated heterocycles. The average Bonchev–Trinajstić information content (AvgIpc) is 3.56. The number of furan rings is 1. The van der Waals surface area contributed by atoms with Crippen molar-refractivity contribution in [1.82, 2.24) is 15.0 Å². The summed E-state index contributed by atoms with van der Waals surface area (Å²) < 4.78 is 6.21. The highest BCUT2D eigenvalue weighted by molar-refractivity contribution is 6.14. The SMILES string of the molecule is c1ccc(-c2nc(-c3ccc4cc(-c5cc6ccccc6c6ccccc56)ccc4c3)nc(-c3cccc4oc5ccccc5c34)n2)cc1. The molecule has 8 aromatic carbocycles. The molecule has 0 amide bonds. The number of hydrogen-bond acceptors (Lipinski definition) is 4. The van der Waals surface area contributed by atoms with E-state index in [2.05, 4.69) is 103 Å². The smallest absolute Gasteiger partial charge is 0.164 e. The third-order valence-corrected chi connectivity index (χ3v) is 9.49. The monoisotopic (exact) mass is 625 g/mol. The molecule has 4 heteroatoms. The Morgan fingerprint density at radius 2 is 0.939 bits per heavy atom. The Balaban J connectivity index is 1.13. The van der Waals surface area contributed by atoms with Crippen LogP contribution in [0.2, 0.25) is 0 Å². The Bertz CT molecular complexity index is 2890. The van der Waals surface area contributed by atoms with Crippen molar-refractivity contribution in [3.63, 3.8) is 0 Å². The predicted molar refractivity (Wildman–Crippen MR) is 201 cm³/mol. The largest absolute Gasteiger partial charge is 0.456 e. The summed E-state index contributed by atoms with van der Waals surface area (Å²) in [5.74, 6) is 1.86. The van der Waals surface area contributed by atoms with Crippen LogP contribution >= 0.6 is 0 Å². The van der Waals surface area contributed by atoms with Crippen molar-refractivity contribution in [3.05, 3.63) is 164 Å². The minimum atomic E-state index is 0.611. The van der Waals surface area contributed by atoms with E-state index in [0.717, 1.165) is 49.4 Å². The van der Waals surface area contributed by atoms with Crippen LogP contribution < -0.4 is 0 Å². The molecule has 0 saturated carbocycles. The molecule has 2 aromatic heterocycles. The quantitative estimate of drug-likeness (QED) is 0.183. The molecule has 0 bridgehead atoms. The van der Waals surface area contributed by atoms with E-state index < -0.39 is 0 Å². The fraction of sp³-hybridized carbons (Fsp3) is 0. The molecule has 228 valence electrons. The van der Waals surface area contributed by atoms with Gasteiger partial charge in [0.1, 0.15) is 11.2 Å². The van der Waals surface area contributed by atoms with Crippen LogP contribution in [0.15, 0.2) is 168 Å². The van der Waals surface area contributed by atoms with E-state index in [0.29, 0.717) is 17.5 Å². The highest BCUT2D eigenvalue weighted by Crippen LogP contribution is 2.38. The first-order chi connectivity index (χ1) is 24.3. The van der Waals surface area contributed by atoms with Crippen LogP contribution in [0.5, 0.6) is 0 Å². The minimum absolute atomic E-state index is 0.611. The van der Waals surface area contributed by atoms with Gasteiger partial charge in [-0.2, -0.15) is 0 Å². The van der Waals surface area contributed by atoms with Crippen LogP contribution in [0.3, 0.4) is 0 Å². The van der Waals surface area contributed by atoms with Crippen LogP contribution in [0.4, 0.5) is 0 Å². The van der Waals surface area contributed by atoms with Crippen LogP contribution in [-0.2, 0) is 0 Å². The molecule has 0 aliphatic heterocycles. The van der Waals surface area contributed by atoms with E-state index in [-0.39, 0.29) is 0 Å². The Labute approximate surface area is 282 Å². The fourth-order valence-electron chi connectivity index (χ4n) is 7.15. The summed E-state index contributed by atoms with van der Waals surface area (Å²) >= 11 is 0. The predicted octanol–water partition coefficient (Wildman–Crippen LogP) is 11.9. The van der Waals surface area contributed by atoms with E-state index >= 15 is 0 Å². The number of rotatable bonds is 4. The Kier molecular flexibility index (Phi) is 6.15. The molecule has 10 aromatic rings. The maximum atomic E-state index is 6.21. The summed E-state index contributed by atoms with van der Waals surface area (Å²) in [7, 11) is 0. The summed E-state index contributed by atoms with van der Waals surface area (Å²) in [6.07, 6.45) is 0. The third kappa shape index (κ3) is 4.57. The number of hydrogen-bond donors (Lipinski definition) is 0. The van der Waals surface area contributed by atoms with Gasteiger partial charge in [0.05, 0.1) is 0 Å².